The maximum atomic E-state index is 13.3. The minimum atomic E-state index is -5.14. The summed E-state index contributed by atoms with van der Waals surface area (Å²) in [6.45, 7) is 3.72. The average molecular weight is 913 g/mol. The molecule has 2 amide bonds. The normalized spacial score (nSPS) is 12.1. The van der Waals surface area contributed by atoms with E-state index in [1.54, 1.807) is 0 Å². The van der Waals surface area contributed by atoms with Crippen molar-refractivity contribution < 1.29 is 71.3 Å². The lowest BCUT2D eigenvalue weighted by molar-refractivity contribution is 0.101. The Morgan fingerprint density at radius 1 is 0.550 bits per heavy atom. The van der Waals surface area contributed by atoms with Crippen LogP contribution in [-0.4, -0.2) is 109 Å². The van der Waals surface area contributed by atoms with Crippen LogP contribution >= 0.6 is 0 Å². The van der Waals surface area contributed by atoms with E-state index < -0.39 is 61.9 Å². The van der Waals surface area contributed by atoms with Crippen LogP contribution in [0.3, 0.4) is 0 Å². The summed E-state index contributed by atoms with van der Waals surface area (Å²) >= 11 is 0. The van der Waals surface area contributed by atoms with E-state index in [4.69, 9.17) is 18.9 Å². The van der Waals surface area contributed by atoms with Crippen LogP contribution in [-0.2, 0) is 49.8 Å². The molecule has 4 aromatic carbocycles. The molecule has 0 saturated heterocycles. The number of anilines is 2. The van der Waals surface area contributed by atoms with Gasteiger partial charge in [-0.1, -0.05) is 18.7 Å². The van der Waals surface area contributed by atoms with Crippen LogP contribution in [0.2, 0.25) is 0 Å². The predicted octanol–water partition coefficient (Wildman–Crippen LogP) is 2.61. The third-order valence-electron chi connectivity index (χ3n) is 8.31. The summed E-state index contributed by atoms with van der Waals surface area (Å²) in [5, 5.41) is 4.81. The van der Waals surface area contributed by atoms with E-state index in [1.165, 1.54) is 64.8 Å². The number of hydrogen-bond donors (Lipinski definition) is 6. The summed E-state index contributed by atoms with van der Waals surface area (Å²) in [7, 11) is -13.5. The van der Waals surface area contributed by atoms with Crippen molar-refractivity contribution >= 4 is 69.0 Å². The summed E-state index contributed by atoms with van der Waals surface area (Å²) < 4.78 is 147. The first kappa shape index (κ1) is 47.4. The van der Waals surface area contributed by atoms with Gasteiger partial charge in [0.2, 0.25) is 20.0 Å². The quantitative estimate of drug-likeness (QED) is 0.0549. The molecule has 24 heteroatoms. The van der Waals surface area contributed by atoms with Crippen LogP contribution in [0.1, 0.15) is 31.8 Å². The number of carbonyl (C=O) groups is 2. The Morgan fingerprint density at radius 2 is 0.917 bits per heavy atom. The van der Waals surface area contributed by atoms with Gasteiger partial charge in [-0.05, 0) is 66.2 Å². The smallest absolute Gasteiger partial charge is 0.295 e. The van der Waals surface area contributed by atoms with Gasteiger partial charge in [-0.3, -0.25) is 18.7 Å². The van der Waals surface area contributed by atoms with Gasteiger partial charge in [-0.2, -0.15) is 16.8 Å². The van der Waals surface area contributed by atoms with Gasteiger partial charge < -0.3 is 29.6 Å². The van der Waals surface area contributed by atoms with Crippen molar-refractivity contribution in [2.45, 2.75) is 19.6 Å². The number of amides is 2. The van der Waals surface area contributed by atoms with Crippen molar-refractivity contribution in [3.8, 4) is 11.5 Å². The summed E-state index contributed by atoms with van der Waals surface area (Å²) in [6.07, 6.45) is 0. The van der Waals surface area contributed by atoms with Gasteiger partial charge in [0.15, 0.2) is 0 Å². The summed E-state index contributed by atoms with van der Waals surface area (Å²) in [5.74, 6) is -1.98. The lowest BCUT2D eigenvalue weighted by Gasteiger charge is -2.17. The zero-order valence-corrected chi connectivity index (χ0v) is 35.5. The van der Waals surface area contributed by atoms with Gasteiger partial charge in [-0.25, -0.2) is 26.3 Å². The lowest BCUT2D eigenvalue weighted by atomic mass is 9.98. The molecule has 0 bridgehead atoms. The van der Waals surface area contributed by atoms with Gasteiger partial charge >= 0.3 is 0 Å². The zero-order valence-electron chi connectivity index (χ0n) is 32.2. The van der Waals surface area contributed by atoms with E-state index in [0.717, 1.165) is 36.4 Å². The summed E-state index contributed by atoms with van der Waals surface area (Å²) in [4.78, 5) is 24.1. The highest BCUT2D eigenvalue weighted by Gasteiger charge is 2.27. The number of sulfonamides is 2. The number of ether oxygens (including phenoxy) is 4. The Kier molecular flexibility index (Phi) is 15.3. The van der Waals surface area contributed by atoms with E-state index in [2.05, 4.69) is 26.7 Å². The Morgan fingerprint density at radius 3 is 1.23 bits per heavy atom. The summed E-state index contributed by atoms with van der Waals surface area (Å²) in [6, 6.07) is 13.2. The highest BCUT2D eigenvalue weighted by atomic mass is 32.2. The molecule has 0 unspecified atom stereocenters. The van der Waals surface area contributed by atoms with Gasteiger partial charge in [-0.15, -0.1) is 0 Å². The topological polar surface area (TPSA) is 296 Å². The molecule has 0 aliphatic rings. The molecule has 60 heavy (non-hydrogen) atoms. The van der Waals surface area contributed by atoms with Gasteiger partial charge in [0, 0.05) is 60.9 Å². The van der Waals surface area contributed by atoms with Crippen LogP contribution in [0.4, 0.5) is 11.4 Å². The second-order valence-electron chi connectivity index (χ2n) is 12.3. The highest BCUT2D eigenvalue weighted by Crippen LogP contribution is 2.35. The minimum absolute atomic E-state index is 0.0549. The number of rotatable bonds is 20. The number of nitrogens with one attached hydrogen (secondary N) is 4. The molecule has 0 fully saturated rings. The summed E-state index contributed by atoms with van der Waals surface area (Å²) in [5.41, 5.74) is -1.91. The first-order chi connectivity index (χ1) is 28.1. The molecule has 0 aliphatic heterocycles. The van der Waals surface area contributed by atoms with Gasteiger partial charge in [0.25, 0.3) is 32.1 Å². The molecule has 0 heterocycles. The van der Waals surface area contributed by atoms with Crippen molar-refractivity contribution in [2.75, 3.05) is 65.4 Å². The molecule has 4 rings (SSSR count). The molecule has 4 aromatic rings. The van der Waals surface area contributed by atoms with E-state index in [-0.39, 0.29) is 86.8 Å². The fourth-order valence-electron chi connectivity index (χ4n) is 5.44. The molecular formula is C36H40N4O16S4. The molecule has 0 saturated carbocycles. The van der Waals surface area contributed by atoms with Crippen molar-refractivity contribution in [3.05, 3.63) is 102 Å². The van der Waals surface area contributed by atoms with Crippen molar-refractivity contribution in [3.63, 3.8) is 0 Å². The predicted molar refractivity (Wildman–Crippen MR) is 217 cm³/mol. The number of methoxy groups -OCH3 is 4. The third-order valence-corrected chi connectivity index (χ3v) is 13.1. The molecule has 20 nitrogen and oxygen atoms in total. The van der Waals surface area contributed by atoms with E-state index in [1.807, 2.05) is 0 Å². The van der Waals surface area contributed by atoms with E-state index in [0.29, 0.717) is 0 Å². The maximum absolute atomic E-state index is 13.3. The lowest BCUT2D eigenvalue weighted by Crippen LogP contribution is -2.28. The molecule has 0 aromatic heterocycles. The molecule has 324 valence electrons. The Balaban J connectivity index is 1.67. The number of carbonyl (C=O) groups excluding carboxylic acids is 2. The van der Waals surface area contributed by atoms with Crippen molar-refractivity contribution in [2.24, 2.45) is 0 Å². The second-order valence-corrected chi connectivity index (χ2v) is 18.5. The second kappa shape index (κ2) is 19.4. The number of hydrogen-bond acceptors (Lipinski definition) is 14. The van der Waals surface area contributed by atoms with Crippen LogP contribution in [0.5, 0.6) is 11.5 Å². The first-order valence-corrected chi connectivity index (χ1v) is 22.8. The standard InChI is InChI=1S/C36H40N4O16S4/c1-22(27-10-8-25(20-31(27)59(47,48)49)39-35(41)23-6-12-29(55-4)33(18-23)57(43,44)37-14-16-53-2)28-11-9-26(21-32(28)60(50,51)52)40-36(42)24-7-13-30(56-5)34(19-24)58(45,46)38-15-17-54-3/h6-13,18-21,37-38H,1,14-17H2,2-5H3,(H,39,41)(H,40,42)(H,47,48,49)(H,50,51,52). The van der Waals surface area contributed by atoms with E-state index in [9.17, 15) is 52.4 Å². The zero-order chi connectivity index (χ0) is 44.6. The van der Waals surface area contributed by atoms with Gasteiger partial charge in [0.05, 0.1) is 27.4 Å². The fraction of sp³-hybridized carbons (Fsp3) is 0.222. The fourth-order valence-corrected chi connectivity index (χ4v) is 9.35. The van der Waals surface area contributed by atoms with Crippen LogP contribution in [0.15, 0.2) is 99.0 Å². The Bertz CT molecular complexity index is 2570. The molecule has 0 radical (unpaired) electrons. The number of benzene rings is 4. The molecule has 6 N–H and O–H groups in total. The monoisotopic (exact) mass is 912 g/mol. The first-order valence-electron chi connectivity index (χ1n) is 17.0. The van der Waals surface area contributed by atoms with Crippen molar-refractivity contribution in [1.29, 1.82) is 0 Å². The van der Waals surface area contributed by atoms with E-state index >= 15 is 0 Å². The van der Waals surface area contributed by atoms with Crippen molar-refractivity contribution in [1.82, 2.24) is 9.44 Å². The average Bonchev–Trinajstić information content (AvgIpc) is 3.19. The van der Waals surface area contributed by atoms with Gasteiger partial charge in [0.1, 0.15) is 31.1 Å². The molecule has 0 atom stereocenters. The third kappa shape index (κ3) is 11.5. The molecule has 0 aliphatic carbocycles. The molecular weight excluding hydrogens is 873 g/mol. The largest absolute Gasteiger partial charge is 0.495 e. The van der Waals surface area contributed by atoms with Crippen LogP contribution in [0, 0.1) is 0 Å². The highest BCUT2D eigenvalue weighted by molar-refractivity contribution is 7.90. The SMILES string of the molecule is C=C(c1ccc(NC(=O)c2ccc(OC)c(S(=O)(=O)NCCOC)c2)cc1S(=O)(=O)O)c1ccc(NC(=O)c2ccc(OC)c(S(=O)(=O)NCCOC)c2)cc1S(=O)(=O)O. The Hall–Kier alpha value is -5.28. The maximum Gasteiger partial charge on any atom is 0.295 e. The minimum Gasteiger partial charge on any atom is -0.495 e. The van der Waals surface area contributed by atoms with Crippen LogP contribution in [0.25, 0.3) is 5.57 Å². The Labute approximate surface area is 346 Å². The van der Waals surface area contributed by atoms with Crippen LogP contribution < -0.4 is 29.6 Å². The molecule has 0 spiro atoms.